The summed E-state index contributed by atoms with van der Waals surface area (Å²) >= 11 is 1.71. The Morgan fingerprint density at radius 3 is 2.44 bits per heavy atom. The van der Waals surface area contributed by atoms with E-state index in [1.165, 1.54) is 24.8 Å². The fourth-order valence-electron chi connectivity index (χ4n) is 3.13. The van der Waals surface area contributed by atoms with Crippen LogP contribution in [0, 0.1) is 11.8 Å². The maximum absolute atomic E-state index is 6.32. The molecule has 4 atom stereocenters. The van der Waals surface area contributed by atoms with Crippen molar-refractivity contribution in [3.05, 3.63) is 22.4 Å². The van der Waals surface area contributed by atoms with E-state index in [4.69, 9.17) is 10.5 Å². The molecule has 3 heteroatoms. The highest BCUT2D eigenvalue weighted by molar-refractivity contribution is 7.07. The van der Waals surface area contributed by atoms with Gasteiger partial charge in [0.1, 0.15) is 0 Å². The lowest BCUT2D eigenvalue weighted by atomic mass is 9.81. The fourth-order valence-corrected chi connectivity index (χ4v) is 3.82. The second-order valence-corrected chi connectivity index (χ2v) is 6.79. The molecule has 2 nitrogen and oxygen atoms in total. The van der Waals surface area contributed by atoms with Crippen LogP contribution in [-0.4, -0.2) is 12.1 Å². The van der Waals surface area contributed by atoms with Gasteiger partial charge in [0.15, 0.2) is 0 Å². The Kier molecular flexibility index (Phi) is 4.82. The molecule has 102 valence electrons. The minimum Gasteiger partial charge on any atom is -0.369 e. The molecule has 2 rings (SSSR count). The van der Waals surface area contributed by atoms with E-state index in [0.29, 0.717) is 6.10 Å². The van der Waals surface area contributed by atoms with Crippen molar-refractivity contribution in [1.82, 2.24) is 0 Å². The van der Waals surface area contributed by atoms with Crippen LogP contribution in [-0.2, 0) is 4.74 Å². The lowest BCUT2D eigenvalue weighted by Gasteiger charge is -2.35. The van der Waals surface area contributed by atoms with Crippen LogP contribution in [0.25, 0.3) is 0 Å². The molecule has 0 aromatic carbocycles. The summed E-state index contributed by atoms with van der Waals surface area (Å²) in [5.41, 5.74) is 7.33. The van der Waals surface area contributed by atoms with Gasteiger partial charge in [0.2, 0.25) is 0 Å². The summed E-state index contributed by atoms with van der Waals surface area (Å²) in [6.07, 6.45) is 4.12. The van der Waals surface area contributed by atoms with Crippen molar-refractivity contribution in [3.8, 4) is 0 Å². The summed E-state index contributed by atoms with van der Waals surface area (Å²) in [6, 6.07) is 2.18. The molecule has 1 aromatic heterocycles. The molecule has 18 heavy (non-hydrogen) atoms. The highest BCUT2D eigenvalue weighted by Gasteiger charge is 2.28. The Morgan fingerprint density at radius 2 is 1.94 bits per heavy atom. The molecule has 1 heterocycles. The highest BCUT2D eigenvalue weighted by atomic mass is 32.1. The van der Waals surface area contributed by atoms with E-state index < -0.39 is 0 Å². The molecule has 0 saturated heterocycles. The summed E-state index contributed by atoms with van der Waals surface area (Å²) in [4.78, 5) is 0. The summed E-state index contributed by atoms with van der Waals surface area (Å²) < 4.78 is 6.32. The minimum atomic E-state index is 0.0483. The summed E-state index contributed by atoms with van der Waals surface area (Å²) in [5.74, 6) is 1.55. The molecule has 0 spiro atoms. The first-order chi connectivity index (χ1) is 8.56. The Balaban J connectivity index is 2.01. The number of hydrogen-bond donors (Lipinski definition) is 1. The van der Waals surface area contributed by atoms with Crippen LogP contribution in [0.5, 0.6) is 0 Å². The van der Waals surface area contributed by atoms with E-state index >= 15 is 0 Å². The molecule has 2 N–H and O–H groups in total. The second kappa shape index (κ2) is 6.18. The molecule has 1 aliphatic carbocycles. The monoisotopic (exact) mass is 267 g/mol. The first-order valence-electron chi connectivity index (χ1n) is 6.99. The zero-order valence-corrected chi connectivity index (χ0v) is 12.5. The second-order valence-electron chi connectivity index (χ2n) is 6.01. The van der Waals surface area contributed by atoms with Gasteiger partial charge in [0.25, 0.3) is 0 Å². The standard InChI is InChI=1S/C15H25NOS/c1-10-6-11(2)8-14(7-10)17-15(12(3)16)13-4-5-18-9-13/h4-5,9-12,14-15H,6-8,16H2,1-3H3. The SMILES string of the molecule is CC1CC(C)CC(OC(c2ccsc2)C(C)N)C1. The third-order valence-electron chi connectivity index (χ3n) is 3.82. The van der Waals surface area contributed by atoms with Crippen molar-refractivity contribution in [2.45, 2.75) is 58.3 Å². The lowest BCUT2D eigenvalue weighted by molar-refractivity contribution is -0.0583. The largest absolute Gasteiger partial charge is 0.369 e. The van der Waals surface area contributed by atoms with Gasteiger partial charge in [-0.3, -0.25) is 0 Å². The zero-order chi connectivity index (χ0) is 13.1. The van der Waals surface area contributed by atoms with Gasteiger partial charge < -0.3 is 10.5 Å². The Bertz CT molecular complexity index is 339. The predicted molar refractivity (Wildman–Crippen MR) is 77.8 cm³/mol. The van der Waals surface area contributed by atoms with Crippen molar-refractivity contribution < 1.29 is 4.74 Å². The third-order valence-corrected chi connectivity index (χ3v) is 4.53. The van der Waals surface area contributed by atoms with Gasteiger partial charge in [-0.25, -0.2) is 0 Å². The van der Waals surface area contributed by atoms with Crippen molar-refractivity contribution in [2.75, 3.05) is 0 Å². The summed E-state index contributed by atoms with van der Waals surface area (Å²) in [6.45, 7) is 6.70. The molecule has 1 fully saturated rings. The van der Waals surface area contributed by atoms with Gasteiger partial charge in [-0.2, -0.15) is 11.3 Å². The fraction of sp³-hybridized carbons (Fsp3) is 0.733. The molecule has 1 aliphatic rings. The van der Waals surface area contributed by atoms with Gasteiger partial charge in [0, 0.05) is 6.04 Å². The Labute approximate surface area is 115 Å². The maximum atomic E-state index is 6.32. The van der Waals surface area contributed by atoms with Crippen LogP contribution in [0.2, 0.25) is 0 Å². The normalized spacial score (nSPS) is 32.1. The molecule has 0 radical (unpaired) electrons. The lowest BCUT2D eigenvalue weighted by Crippen LogP contribution is -2.33. The smallest absolute Gasteiger partial charge is 0.0984 e. The van der Waals surface area contributed by atoms with Gasteiger partial charge in [-0.1, -0.05) is 13.8 Å². The zero-order valence-electron chi connectivity index (χ0n) is 11.6. The predicted octanol–water partition coefficient (Wildman–Crippen LogP) is 3.98. The molecule has 1 aromatic rings. The van der Waals surface area contributed by atoms with E-state index in [1.807, 2.05) is 6.92 Å². The van der Waals surface area contributed by atoms with E-state index in [1.54, 1.807) is 11.3 Å². The minimum absolute atomic E-state index is 0.0483. The van der Waals surface area contributed by atoms with Gasteiger partial charge >= 0.3 is 0 Å². The van der Waals surface area contributed by atoms with Crippen LogP contribution < -0.4 is 5.73 Å². The molecule has 0 aliphatic heterocycles. The Morgan fingerprint density at radius 1 is 1.28 bits per heavy atom. The highest BCUT2D eigenvalue weighted by Crippen LogP contribution is 2.34. The maximum Gasteiger partial charge on any atom is 0.0984 e. The van der Waals surface area contributed by atoms with E-state index in [0.717, 1.165) is 11.8 Å². The quantitative estimate of drug-likeness (QED) is 0.895. The molecule has 0 amide bonds. The average Bonchev–Trinajstić information content (AvgIpc) is 2.77. The van der Waals surface area contributed by atoms with E-state index in [2.05, 4.69) is 30.7 Å². The first kappa shape index (κ1) is 14.0. The summed E-state index contributed by atoms with van der Waals surface area (Å²) in [5, 5.41) is 4.25. The van der Waals surface area contributed by atoms with E-state index in [-0.39, 0.29) is 12.1 Å². The van der Waals surface area contributed by atoms with Crippen LogP contribution in [0.3, 0.4) is 0 Å². The molecular formula is C15H25NOS. The molecule has 4 unspecified atom stereocenters. The van der Waals surface area contributed by atoms with Crippen molar-refractivity contribution >= 4 is 11.3 Å². The Hall–Kier alpha value is -0.380. The first-order valence-corrected chi connectivity index (χ1v) is 7.93. The van der Waals surface area contributed by atoms with Crippen molar-refractivity contribution in [2.24, 2.45) is 17.6 Å². The van der Waals surface area contributed by atoms with Crippen molar-refractivity contribution in [1.29, 1.82) is 0 Å². The van der Waals surface area contributed by atoms with Gasteiger partial charge in [0.05, 0.1) is 12.2 Å². The van der Waals surface area contributed by atoms with E-state index in [9.17, 15) is 0 Å². The topological polar surface area (TPSA) is 35.2 Å². The number of thiophene rings is 1. The number of rotatable bonds is 4. The number of nitrogens with two attached hydrogens (primary N) is 1. The molecule has 1 saturated carbocycles. The van der Waals surface area contributed by atoms with Crippen LogP contribution in [0.4, 0.5) is 0 Å². The average molecular weight is 267 g/mol. The number of hydrogen-bond acceptors (Lipinski definition) is 3. The van der Waals surface area contributed by atoms with Crippen LogP contribution in [0.1, 0.15) is 51.7 Å². The van der Waals surface area contributed by atoms with Crippen LogP contribution >= 0.6 is 11.3 Å². The van der Waals surface area contributed by atoms with Gasteiger partial charge in [-0.05, 0) is 60.4 Å². The van der Waals surface area contributed by atoms with Crippen molar-refractivity contribution in [3.63, 3.8) is 0 Å². The van der Waals surface area contributed by atoms with Crippen LogP contribution in [0.15, 0.2) is 16.8 Å². The molecular weight excluding hydrogens is 242 g/mol. The third kappa shape index (κ3) is 3.56. The molecule has 0 bridgehead atoms. The summed E-state index contributed by atoms with van der Waals surface area (Å²) in [7, 11) is 0. The van der Waals surface area contributed by atoms with Gasteiger partial charge in [-0.15, -0.1) is 0 Å². The number of ether oxygens (including phenoxy) is 1.